The minimum atomic E-state index is -4.12. The molecule has 2 N–H and O–H groups in total. The average molecular weight is 271 g/mol. The SMILES string of the molecule is O=C(O)C(F)(F)C1(O)CCN(c2ccccc2)CC1. The number of alkyl halides is 2. The number of benzene rings is 1. The lowest BCUT2D eigenvalue weighted by atomic mass is 9.85. The predicted octanol–water partition coefficient (Wildman–Crippen LogP) is 1.74. The molecule has 104 valence electrons. The maximum atomic E-state index is 13.5. The average Bonchev–Trinajstić information content (AvgIpc) is 2.40. The van der Waals surface area contributed by atoms with Crippen molar-refractivity contribution in [1.82, 2.24) is 0 Å². The van der Waals surface area contributed by atoms with Crippen LogP contribution in [0.5, 0.6) is 0 Å². The van der Waals surface area contributed by atoms with E-state index in [-0.39, 0.29) is 25.9 Å². The van der Waals surface area contributed by atoms with Gasteiger partial charge in [-0.15, -0.1) is 0 Å². The number of aliphatic hydroxyl groups is 1. The lowest BCUT2D eigenvalue weighted by Gasteiger charge is -2.41. The van der Waals surface area contributed by atoms with Gasteiger partial charge < -0.3 is 15.1 Å². The van der Waals surface area contributed by atoms with Crippen molar-refractivity contribution in [1.29, 1.82) is 0 Å². The molecule has 1 aromatic carbocycles. The zero-order chi connectivity index (χ0) is 14.1. The zero-order valence-electron chi connectivity index (χ0n) is 10.2. The van der Waals surface area contributed by atoms with Gasteiger partial charge in [-0.1, -0.05) is 18.2 Å². The number of carboxylic acid groups (broad SMARTS) is 1. The molecule has 0 spiro atoms. The Labute approximate surface area is 109 Å². The number of carboxylic acids is 1. The fourth-order valence-electron chi connectivity index (χ4n) is 2.29. The first-order valence-corrected chi connectivity index (χ1v) is 6.00. The van der Waals surface area contributed by atoms with Crippen LogP contribution in [0.2, 0.25) is 0 Å². The van der Waals surface area contributed by atoms with E-state index in [2.05, 4.69) is 0 Å². The van der Waals surface area contributed by atoms with Crippen LogP contribution in [0.1, 0.15) is 12.8 Å². The highest BCUT2D eigenvalue weighted by Gasteiger charge is 2.59. The van der Waals surface area contributed by atoms with Gasteiger partial charge in [0.25, 0.3) is 0 Å². The molecule has 0 radical (unpaired) electrons. The molecule has 0 bridgehead atoms. The molecular weight excluding hydrogens is 256 g/mol. The normalized spacial score (nSPS) is 19.2. The molecule has 0 saturated carbocycles. The summed E-state index contributed by atoms with van der Waals surface area (Å²) in [5.41, 5.74) is -1.59. The summed E-state index contributed by atoms with van der Waals surface area (Å²) >= 11 is 0. The number of anilines is 1. The summed E-state index contributed by atoms with van der Waals surface area (Å²) in [5, 5.41) is 18.4. The second kappa shape index (κ2) is 4.77. The Morgan fingerprint density at radius 2 is 1.74 bits per heavy atom. The molecule has 2 rings (SSSR count). The monoisotopic (exact) mass is 271 g/mol. The van der Waals surface area contributed by atoms with Crippen LogP contribution in [-0.2, 0) is 4.79 Å². The van der Waals surface area contributed by atoms with Crippen LogP contribution in [0.3, 0.4) is 0 Å². The van der Waals surface area contributed by atoms with E-state index < -0.39 is 17.5 Å². The Balaban J connectivity index is 2.09. The van der Waals surface area contributed by atoms with Gasteiger partial charge in [-0.25, -0.2) is 4.79 Å². The number of carbonyl (C=O) groups is 1. The van der Waals surface area contributed by atoms with E-state index in [1.165, 1.54) is 0 Å². The highest BCUT2D eigenvalue weighted by Crippen LogP contribution is 2.38. The first-order chi connectivity index (χ1) is 8.87. The molecule has 1 heterocycles. The van der Waals surface area contributed by atoms with E-state index in [9.17, 15) is 18.7 Å². The van der Waals surface area contributed by atoms with Gasteiger partial charge in [0.05, 0.1) is 0 Å². The molecule has 1 aromatic rings. The Bertz CT molecular complexity index is 456. The number of aliphatic carboxylic acids is 1. The number of piperidine rings is 1. The molecule has 1 fully saturated rings. The third kappa shape index (κ3) is 2.40. The highest BCUT2D eigenvalue weighted by atomic mass is 19.3. The fraction of sp³-hybridized carbons (Fsp3) is 0.462. The minimum absolute atomic E-state index is 0.198. The topological polar surface area (TPSA) is 60.8 Å². The van der Waals surface area contributed by atoms with Crippen molar-refractivity contribution in [3.05, 3.63) is 30.3 Å². The van der Waals surface area contributed by atoms with Crippen LogP contribution in [-0.4, -0.2) is 40.8 Å². The van der Waals surface area contributed by atoms with Crippen molar-refractivity contribution in [3.8, 4) is 0 Å². The number of hydrogen-bond donors (Lipinski definition) is 2. The van der Waals surface area contributed by atoms with Crippen LogP contribution in [0.25, 0.3) is 0 Å². The molecule has 1 aliphatic rings. The minimum Gasteiger partial charge on any atom is -0.477 e. The lowest BCUT2D eigenvalue weighted by Crippen LogP contribution is -2.58. The number of para-hydroxylation sites is 1. The summed E-state index contributed by atoms with van der Waals surface area (Å²) in [5.74, 6) is -6.39. The quantitative estimate of drug-likeness (QED) is 0.879. The maximum Gasteiger partial charge on any atom is 0.377 e. The predicted molar refractivity (Wildman–Crippen MR) is 65.4 cm³/mol. The summed E-state index contributed by atoms with van der Waals surface area (Å²) in [7, 11) is 0. The van der Waals surface area contributed by atoms with Gasteiger partial charge in [0.2, 0.25) is 0 Å². The van der Waals surface area contributed by atoms with Gasteiger partial charge in [-0.2, -0.15) is 8.78 Å². The van der Waals surface area contributed by atoms with E-state index >= 15 is 0 Å². The summed E-state index contributed by atoms with van der Waals surface area (Å²) in [6.07, 6.45) is -0.553. The third-order valence-electron chi connectivity index (χ3n) is 3.56. The van der Waals surface area contributed by atoms with E-state index in [4.69, 9.17) is 5.11 Å². The van der Waals surface area contributed by atoms with Crippen LogP contribution in [0, 0.1) is 0 Å². The molecular formula is C13H15F2NO3. The molecule has 0 aliphatic carbocycles. The van der Waals surface area contributed by atoms with E-state index in [1.54, 1.807) is 0 Å². The largest absolute Gasteiger partial charge is 0.477 e. The van der Waals surface area contributed by atoms with Gasteiger partial charge in [0.15, 0.2) is 0 Å². The van der Waals surface area contributed by atoms with Crippen molar-refractivity contribution in [2.24, 2.45) is 0 Å². The third-order valence-corrected chi connectivity index (χ3v) is 3.56. The molecule has 1 saturated heterocycles. The van der Waals surface area contributed by atoms with Crippen molar-refractivity contribution >= 4 is 11.7 Å². The van der Waals surface area contributed by atoms with Crippen molar-refractivity contribution in [2.45, 2.75) is 24.4 Å². The smallest absolute Gasteiger partial charge is 0.377 e. The molecule has 0 unspecified atom stereocenters. The van der Waals surface area contributed by atoms with Crippen molar-refractivity contribution in [2.75, 3.05) is 18.0 Å². The number of nitrogens with zero attached hydrogens (tertiary/aromatic N) is 1. The Hall–Kier alpha value is -1.69. The number of rotatable bonds is 3. The Morgan fingerprint density at radius 3 is 2.21 bits per heavy atom. The molecule has 1 aliphatic heterocycles. The summed E-state index contributed by atoms with van der Waals surface area (Å²) < 4.78 is 27.0. The van der Waals surface area contributed by atoms with Gasteiger partial charge in [0, 0.05) is 31.6 Å². The Kier molecular flexibility index (Phi) is 3.45. The molecule has 0 amide bonds. The number of hydrogen-bond acceptors (Lipinski definition) is 3. The van der Waals surface area contributed by atoms with Crippen LogP contribution in [0.4, 0.5) is 14.5 Å². The van der Waals surface area contributed by atoms with Crippen LogP contribution >= 0.6 is 0 Å². The number of halogens is 2. The van der Waals surface area contributed by atoms with Gasteiger partial charge in [-0.3, -0.25) is 0 Å². The summed E-state index contributed by atoms with van der Waals surface area (Å²) in [4.78, 5) is 12.4. The maximum absolute atomic E-state index is 13.5. The van der Waals surface area contributed by atoms with Gasteiger partial charge >= 0.3 is 11.9 Å². The highest BCUT2D eigenvalue weighted by molar-refractivity contribution is 5.77. The standard InChI is InChI=1S/C13H15F2NO3/c14-13(15,11(17)18)12(19)6-8-16(9-7-12)10-4-2-1-3-5-10/h1-5,19H,6-9H2,(H,17,18). The zero-order valence-corrected chi connectivity index (χ0v) is 10.2. The van der Waals surface area contributed by atoms with E-state index in [1.807, 2.05) is 35.2 Å². The van der Waals surface area contributed by atoms with E-state index in [0.717, 1.165) is 5.69 Å². The van der Waals surface area contributed by atoms with Crippen LogP contribution in [0.15, 0.2) is 30.3 Å². The van der Waals surface area contributed by atoms with E-state index in [0.29, 0.717) is 0 Å². The first-order valence-electron chi connectivity index (χ1n) is 6.00. The second-order valence-corrected chi connectivity index (χ2v) is 4.73. The van der Waals surface area contributed by atoms with Crippen molar-refractivity contribution in [3.63, 3.8) is 0 Å². The Morgan fingerprint density at radius 1 is 1.21 bits per heavy atom. The summed E-state index contributed by atoms with van der Waals surface area (Å²) in [6, 6.07) is 9.21. The first kappa shape index (κ1) is 13.7. The molecule has 0 atom stereocenters. The molecule has 6 heteroatoms. The second-order valence-electron chi connectivity index (χ2n) is 4.73. The summed E-state index contributed by atoms with van der Waals surface area (Å²) in [6.45, 7) is 0.396. The molecule has 4 nitrogen and oxygen atoms in total. The molecule has 19 heavy (non-hydrogen) atoms. The van der Waals surface area contributed by atoms with Gasteiger partial charge in [0.1, 0.15) is 5.60 Å². The fourth-order valence-corrected chi connectivity index (χ4v) is 2.29. The van der Waals surface area contributed by atoms with Crippen molar-refractivity contribution < 1.29 is 23.8 Å². The lowest BCUT2D eigenvalue weighted by molar-refractivity contribution is -0.213. The molecule has 0 aromatic heterocycles. The van der Waals surface area contributed by atoms with Gasteiger partial charge in [-0.05, 0) is 12.1 Å². The van der Waals surface area contributed by atoms with Crippen LogP contribution < -0.4 is 4.90 Å².